The monoisotopic (exact) mass is 365 g/mol. The van der Waals surface area contributed by atoms with Crippen molar-refractivity contribution < 1.29 is 0 Å². The van der Waals surface area contributed by atoms with Gasteiger partial charge < -0.3 is 5.32 Å². The van der Waals surface area contributed by atoms with E-state index < -0.39 is 0 Å². The molecule has 1 aromatic carbocycles. The second-order valence-corrected chi connectivity index (χ2v) is 8.33. The highest BCUT2D eigenvalue weighted by molar-refractivity contribution is 9.10. The lowest BCUT2D eigenvalue weighted by atomic mass is 9.95. The number of halogens is 1. The van der Waals surface area contributed by atoms with Crippen LogP contribution in [-0.4, -0.2) is 6.54 Å². The highest BCUT2D eigenvalue weighted by Gasteiger charge is 2.21. The van der Waals surface area contributed by atoms with E-state index in [0.29, 0.717) is 0 Å². The first-order valence-corrected chi connectivity index (χ1v) is 9.12. The van der Waals surface area contributed by atoms with E-state index >= 15 is 0 Å². The first-order valence-electron chi connectivity index (χ1n) is 7.51. The minimum Gasteiger partial charge on any atom is -0.306 e. The van der Waals surface area contributed by atoms with Crippen molar-refractivity contribution in [3.63, 3.8) is 0 Å². The van der Waals surface area contributed by atoms with Crippen molar-refractivity contribution in [2.45, 2.75) is 45.6 Å². The van der Waals surface area contributed by atoms with Crippen LogP contribution in [0.15, 0.2) is 40.9 Å². The average Bonchev–Trinajstić information content (AvgIpc) is 2.91. The normalized spacial score (nSPS) is 13.4. The fraction of sp³-hybridized carbons (Fsp3) is 0.444. The molecule has 1 heterocycles. The summed E-state index contributed by atoms with van der Waals surface area (Å²) in [5, 5.41) is 3.69. The molecule has 2 rings (SSSR count). The third-order valence-corrected chi connectivity index (χ3v) is 5.76. The highest BCUT2D eigenvalue weighted by Crippen LogP contribution is 2.36. The third-order valence-electron chi connectivity index (χ3n) is 3.47. The van der Waals surface area contributed by atoms with Gasteiger partial charge in [-0.25, -0.2) is 0 Å². The Morgan fingerprint density at radius 3 is 2.43 bits per heavy atom. The average molecular weight is 366 g/mol. The van der Waals surface area contributed by atoms with E-state index in [1.165, 1.54) is 19.8 Å². The van der Waals surface area contributed by atoms with Crippen molar-refractivity contribution in [1.82, 2.24) is 5.32 Å². The Kier molecular flexibility index (Phi) is 5.64. The molecule has 0 aliphatic heterocycles. The molecule has 0 amide bonds. The Hall–Kier alpha value is -0.640. The number of hydrogen-bond donors (Lipinski definition) is 1. The van der Waals surface area contributed by atoms with E-state index in [0.717, 1.165) is 13.0 Å². The Morgan fingerprint density at radius 2 is 1.86 bits per heavy atom. The van der Waals surface area contributed by atoms with Crippen LogP contribution in [0.4, 0.5) is 0 Å². The molecular weight excluding hydrogens is 342 g/mol. The molecule has 1 nitrogen and oxygen atoms in total. The van der Waals surface area contributed by atoms with Gasteiger partial charge in [0.15, 0.2) is 0 Å². The molecule has 1 aromatic heterocycles. The van der Waals surface area contributed by atoms with Crippen molar-refractivity contribution in [3.8, 4) is 0 Å². The minimum atomic E-state index is 0.214. The van der Waals surface area contributed by atoms with Gasteiger partial charge in [0, 0.05) is 14.2 Å². The van der Waals surface area contributed by atoms with E-state index in [2.05, 4.69) is 85.3 Å². The standard InChI is InChI=1S/C18H24BrNS/c1-5-12-20-17(13-8-6-7-9-14(13)19)15-10-11-16(21-15)18(2,3)4/h6-11,17,20H,5,12H2,1-4H3. The second kappa shape index (κ2) is 7.08. The second-order valence-electron chi connectivity index (χ2n) is 6.36. The van der Waals surface area contributed by atoms with Crippen LogP contribution in [0.2, 0.25) is 0 Å². The summed E-state index contributed by atoms with van der Waals surface area (Å²) in [5.41, 5.74) is 1.53. The number of rotatable bonds is 5. The highest BCUT2D eigenvalue weighted by atomic mass is 79.9. The van der Waals surface area contributed by atoms with E-state index in [-0.39, 0.29) is 11.5 Å². The molecule has 1 unspecified atom stereocenters. The Labute approximate surface area is 140 Å². The maximum absolute atomic E-state index is 3.70. The van der Waals surface area contributed by atoms with Gasteiger partial charge in [0.05, 0.1) is 6.04 Å². The van der Waals surface area contributed by atoms with Gasteiger partial charge in [-0.1, -0.05) is 61.8 Å². The summed E-state index contributed by atoms with van der Waals surface area (Å²) in [6, 6.07) is 13.3. The number of nitrogens with one attached hydrogen (secondary N) is 1. The first-order chi connectivity index (χ1) is 9.93. The van der Waals surface area contributed by atoms with Gasteiger partial charge in [0.25, 0.3) is 0 Å². The lowest BCUT2D eigenvalue weighted by Gasteiger charge is -2.20. The fourth-order valence-electron chi connectivity index (χ4n) is 2.27. The summed E-state index contributed by atoms with van der Waals surface area (Å²) >= 11 is 5.62. The van der Waals surface area contributed by atoms with Crippen LogP contribution in [0.3, 0.4) is 0 Å². The van der Waals surface area contributed by atoms with Gasteiger partial charge in [-0.15, -0.1) is 11.3 Å². The summed E-state index contributed by atoms with van der Waals surface area (Å²) in [4.78, 5) is 2.83. The van der Waals surface area contributed by atoms with E-state index in [1.54, 1.807) is 0 Å². The molecule has 0 saturated heterocycles. The topological polar surface area (TPSA) is 12.0 Å². The largest absolute Gasteiger partial charge is 0.306 e. The van der Waals surface area contributed by atoms with Crippen LogP contribution in [0.5, 0.6) is 0 Å². The Bertz CT molecular complexity index is 583. The molecule has 0 saturated carbocycles. The molecule has 0 aliphatic rings. The van der Waals surface area contributed by atoms with Gasteiger partial charge >= 0.3 is 0 Å². The molecule has 0 spiro atoms. The lowest BCUT2D eigenvalue weighted by Crippen LogP contribution is -2.22. The molecule has 114 valence electrons. The predicted octanol–water partition coefficient (Wildman–Crippen LogP) is 5.90. The summed E-state index contributed by atoms with van der Waals surface area (Å²) in [6.07, 6.45) is 1.14. The lowest BCUT2D eigenvalue weighted by molar-refractivity contribution is 0.602. The molecule has 0 aliphatic carbocycles. The maximum atomic E-state index is 3.70. The molecule has 0 fully saturated rings. The molecule has 1 atom stereocenters. The van der Waals surface area contributed by atoms with E-state index in [4.69, 9.17) is 0 Å². The van der Waals surface area contributed by atoms with Gasteiger partial charge in [0.2, 0.25) is 0 Å². The van der Waals surface area contributed by atoms with Gasteiger partial charge in [-0.2, -0.15) is 0 Å². The molecule has 2 aromatic rings. The quantitative estimate of drug-likeness (QED) is 0.695. The fourth-order valence-corrected chi connectivity index (χ4v) is 3.95. The Morgan fingerprint density at radius 1 is 1.14 bits per heavy atom. The van der Waals surface area contributed by atoms with Crippen LogP contribution in [-0.2, 0) is 5.41 Å². The molecule has 0 radical (unpaired) electrons. The van der Waals surface area contributed by atoms with Crippen LogP contribution in [0.25, 0.3) is 0 Å². The van der Waals surface area contributed by atoms with Gasteiger partial charge in [0.1, 0.15) is 0 Å². The van der Waals surface area contributed by atoms with Crippen LogP contribution in [0, 0.1) is 0 Å². The number of benzene rings is 1. The van der Waals surface area contributed by atoms with Crippen molar-refractivity contribution >= 4 is 27.3 Å². The summed E-state index contributed by atoms with van der Waals surface area (Å²) in [7, 11) is 0. The van der Waals surface area contributed by atoms with Gasteiger partial charge in [-0.05, 0) is 42.1 Å². The minimum absolute atomic E-state index is 0.214. The molecule has 0 bridgehead atoms. The SMILES string of the molecule is CCCNC(c1ccc(C(C)(C)C)s1)c1ccccc1Br. The molecule has 3 heteroatoms. The van der Waals surface area contributed by atoms with Gasteiger partial charge in [-0.3, -0.25) is 0 Å². The zero-order valence-corrected chi connectivity index (χ0v) is 15.6. The van der Waals surface area contributed by atoms with Crippen LogP contribution >= 0.6 is 27.3 Å². The zero-order chi connectivity index (χ0) is 15.5. The van der Waals surface area contributed by atoms with Crippen molar-refractivity contribution in [2.75, 3.05) is 6.54 Å². The van der Waals surface area contributed by atoms with Crippen LogP contribution < -0.4 is 5.32 Å². The van der Waals surface area contributed by atoms with E-state index in [1.807, 2.05) is 11.3 Å². The maximum Gasteiger partial charge on any atom is 0.0682 e. The summed E-state index contributed by atoms with van der Waals surface area (Å²) < 4.78 is 1.17. The Balaban J connectivity index is 2.37. The third kappa shape index (κ3) is 4.18. The summed E-state index contributed by atoms with van der Waals surface area (Å²) in [6.45, 7) is 10.1. The number of thiophene rings is 1. The summed E-state index contributed by atoms with van der Waals surface area (Å²) in [5.74, 6) is 0. The predicted molar refractivity (Wildman–Crippen MR) is 97.3 cm³/mol. The van der Waals surface area contributed by atoms with Crippen molar-refractivity contribution in [3.05, 3.63) is 56.2 Å². The van der Waals surface area contributed by atoms with Crippen molar-refractivity contribution in [2.24, 2.45) is 0 Å². The molecule has 21 heavy (non-hydrogen) atoms. The molecule has 1 N–H and O–H groups in total. The van der Waals surface area contributed by atoms with Crippen molar-refractivity contribution in [1.29, 1.82) is 0 Å². The van der Waals surface area contributed by atoms with Crippen LogP contribution in [0.1, 0.15) is 55.5 Å². The molecular formula is C18H24BrNS. The van der Waals surface area contributed by atoms with E-state index in [9.17, 15) is 0 Å². The first kappa shape index (κ1) is 16.7. The zero-order valence-electron chi connectivity index (χ0n) is 13.2. The smallest absolute Gasteiger partial charge is 0.0682 e. The number of hydrogen-bond acceptors (Lipinski definition) is 2.